The van der Waals surface area contributed by atoms with Crippen molar-refractivity contribution in [2.45, 2.75) is 45.1 Å². The molecule has 0 bridgehead atoms. The van der Waals surface area contributed by atoms with Gasteiger partial charge in [0.25, 0.3) is 10.0 Å². The number of rotatable bonds is 11. The van der Waals surface area contributed by atoms with Crippen molar-refractivity contribution in [1.29, 1.82) is 0 Å². The predicted octanol–water partition coefficient (Wildman–Crippen LogP) is 4.09. The quantitative estimate of drug-likeness (QED) is 0.412. The summed E-state index contributed by atoms with van der Waals surface area (Å²) in [6.07, 6.45) is 0.533. The Labute approximate surface area is 220 Å². The summed E-state index contributed by atoms with van der Waals surface area (Å²) in [6.45, 7) is 7.50. The largest absolute Gasteiger partial charge is 0.355 e. The molecule has 8 heteroatoms. The highest BCUT2D eigenvalue weighted by atomic mass is 32.2. The van der Waals surface area contributed by atoms with Crippen LogP contribution in [-0.2, 0) is 26.0 Å². The first-order valence-electron chi connectivity index (χ1n) is 12.4. The van der Waals surface area contributed by atoms with Crippen molar-refractivity contribution in [3.63, 3.8) is 0 Å². The standard InChI is InChI=1S/C29H35N3O4S/c1-5-30-29(34)24(4)31(20-19-25-14-8-6-9-15-25)28(33)21-32(27-18-12-13-22(2)23(27)3)37(35,36)26-16-10-7-11-17-26/h6-18,24H,5,19-21H2,1-4H3,(H,30,34)/t24-/m0/s1. The Morgan fingerprint density at radius 3 is 2.14 bits per heavy atom. The molecule has 0 aliphatic carbocycles. The summed E-state index contributed by atoms with van der Waals surface area (Å²) >= 11 is 0. The van der Waals surface area contributed by atoms with Crippen LogP contribution in [0, 0.1) is 13.8 Å². The van der Waals surface area contributed by atoms with Gasteiger partial charge in [0, 0.05) is 13.1 Å². The minimum atomic E-state index is -4.06. The Bertz CT molecular complexity index is 1310. The van der Waals surface area contributed by atoms with E-state index < -0.39 is 28.5 Å². The van der Waals surface area contributed by atoms with Gasteiger partial charge >= 0.3 is 0 Å². The number of sulfonamides is 1. The number of carbonyl (C=O) groups is 2. The van der Waals surface area contributed by atoms with Gasteiger partial charge in [-0.2, -0.15) is 0 Å². The maximum absolute atomic E-state index is 13.8. The zero-order chi connectivity index (χ0) is 27.0. The number of hydrogen-bond donors (Lipinski definition) is 1. The second kappa shape index (κ2) is 12.5. The fraction of sp³-hybridized carbons (Fsp3) is 0.310. The lowest BCUT2D eigenvalue weighted by Crippen LogP contribution is -2.52. The maximum Gasteiger partial charge on any atom is 0.264 e. The van der Waals surface area contributed by atoms with E-state index in [0.29, 0.717) is 18.7 Å². The van der Waals surface area contributed by atoms with Gasteiger partial charge in [-0.15, -0.1) is 0 Å². The minimum absolute atomic E-state index is 0.0938. The van der Waals surface area contributed by atoms with E-state index in [1.54, 1.807) is 37.3 Å². The molecule has 0 fully saturated rings. The molecule has 2 amide bonds. The van der Waals surface area contributed by atoms with Gasteiger partial charge < -0.3 is 10.2 Å². The SMILES string of the molecule is CCNC(=O)[C@H](C)N(CCc1ccccc1)C(=O)CN(c1cccc(C)c1C)S(=O)(=O)c1ccccc1. The van der Waals surface area contributed by atoms with Crippen LogP contribution in [0.15, 0.2) is 83.8 Å². The van der Waals surface area contributed by atoms with E-state index in [0.717, 1.165) is 21.0 Å². The van der Waals surface area contributed by atoms with E-state index in [9.17, 15) is 18.0 Å². The molecule has 0 spiro atoms. The van der Waals surface area contributed by atoms with E-state index >= 15 is 0 Å². The van der Waals surface area contributed by atoms with Gasteiger partial charge in [-0.1, -0.05) is 60.7 Å². The summed E-state index contributed by atoms with van der Waals surface area (Å²) in [6, 6.07) is 22.4. The molecule has 3 rings (SSSR count). The molecule has 0 heterocycles. The highest BCUT2D eigenvalue weighted by Crippen LogP contribution is 2.29. The normalized spacial score (nSPS) is 12.0. The van der Waals surface area contributed by atoms with Crippen LogP contribution >= 0.6 is 0 Å². The number of amides is 2. The van der Waals surface area contributed by atoms with Crippen LogP contribution < -0.4 is 9.62 Å². The van der Waals surface area contributed by atoms with Crippen LogP contribution in [0.1, 0.15) is 30.5 Å². The van der Waals surface area contributed by atoms with Crippen molar-refractivity contribution >= 4 is 27.5 Å². The van der Waals surface area contributed by atoms with E-state index in [2.05, 4.69) is 5.32 Å². The molecular formula is C29H35N3O4S. The highest BCUT2D eigenvalue weighted by Gasteiger charge is 2.32. The second-order valence-corrected chi connectivity index (χ2v) is 10.8. The zero-order valence-electron chi connectivity index (χ0n) is 21.8. The van der Waals surface area contributed by atoms with Crippen molar-refractivity contribution in [2.75, 3.05) is 23.9 Å². The highest BCUT2D eigenvalue weighted by molar-refractivity contribution is 7.92. The fourth-order valence-corrected chi connectivity index (χ4v) is 5.62. The number of nitrogens with zero attached hydrogens (tertiary/aromatic N) is 2. The molecule has 37 heavy (non-hydrogen) atoms. The zero-order valence-corrected chi connectivity index (χ0v) is 22.7. The Morgan fingerprint density at radius 1 is 0.892 bits per heavy atom. The molecule has 0 unspecified atom stereocenters. The third-order valence-electron chi connectivity index (χ3n) is 6.46. The summed E-state index contributed by atoms with van der Waals surface area (Å²) in [5.41, 5.74) is 3.13. The first-order chi connectivity index (χ1) is 17.7. The van der Waals surface area contributed by atoms with E-state index in [1.165, 1.54) is 17.0 Å². The van der Waals surface area contributed by atoms with Gasteiger partial charge in [0.1, 0.15) is 12.6 Å². The Kier molecular flexibility index (Phi) is 9.47. The Hall–Kier alpha value is -3.65. The summed E-state index contributed by atoms with van der Waals surface area (Å²) in [5.74, 6) is -0.733. The number of anilines is 1. The van der Waals surface area contributed by atoms with Crippen molar-refractivity contribution in [3.8, 4) is 0 Å². The van der Waals surface area contributed by atoms with Crippen LogP contribution in [0.25, 0.3) is 0 Å². The average molecular weight is 522 g/mol. The molecule has 3 aromatic rings. The lowest BCUT2D eigenvalue weighted by Gasteiger charge is -2.32. The number of nitrogens with one attached hydrogen (secondary N) is 1. The van der Waals surface area contributed by atoms with Gasteiger partial charge in [0.05, 0.1) is 10.6 Å². The van der Waals surface area contributed by atoms with Gasteiger partial charge in [0.2, 0.25) is 11.8 Å². The Morgan fingerprint density at radius 2 is 1.51 bits per heavy atom. The average Bonchev–Trinajstić information content (AvgIpc) is 2.90. The third kappa shape index (κ3) is 6.77. The van der Waals surface area contributed by atoms with Gasteiger partial charge in [0.15, 0.2) is 0 Å². The number of likely N-dealkylation sites (N-methyl/N-ethyl adjacent to an activating group) is 1. The first-order valence-corrected chi connectivity index (χ1v) is 13.9. The number of hydrogen-bond acceptors (Lipinski definition) is 4. The summed E-state index contributed by atoms with van der Waals surface area (Å²) in [7, 11) is -4.06. The molecule has 0 aromatic heterocycles. The second-order valence-electron chi connectivity index (χ2n) is 8.94. The number of aryl methyl sites for hydroxylation is 1. The van der Waals surface area contributed by atoms with Gasteiger partial charge in [-0.05, 0) is 69.0 Å². The molecule has 0 aliphatic heterocycles. The van der Waals surface area contributed by atoms with Crippen molar-refractivity contribution in [1.82, 2.24) is 10.2 Å². The lowest BCUT2D eigenvalue weighted by molar-refractivity contribution is -0.138. The maximum atomic E-state index is 13.8. The number of carbonyl (C=O) groups excluding carboxylic acids is 2. The molecule has 1 atom stereocenters. The third-order valence-corrected chi connectivity index (χ3v) is 8.23. The van der Waals surface area contributed by atoms with Crippen LogP contribution in [0.2, 0.25) is 0 Å². The van der Waals surface area contributed by atoms with Crippen molar-refractivity contribution < 1.29 is 18.0 Å². The van der Waals surface area contributed by atoms with Crippen LogP contribution in [0.4, 0.5) is 5.69 Å². The van der Waals surface area contributed by atoms with Crippen LogP contribution in [-0.4, -0.2) is 50.8 Å². The molecule has 196 valence electrons. The fourth-order valence-electron chi connectivity index (χ4n) is 4.13. The predicted molar refractivity (Wildman–Crippen MR) is 147 cm³/mol. The topological polar surface area (TPSA) is 86.8 Å². The van der Waals surface area contributed by atoms with Crippen LogP contribution in [0.3, 0.4) is 0 Å². The number of benzene rings is 3. The van der Waals surface area contributed by atoms with E-state index in [4.69, 9.17) is 0 Å². The van der Waals surface area contributed by atoms with E-state index in [1.807, 2.05) is 57.2 Å². The summed E-state index contributed by atoms with van der Waals surface area (Å²) in [4.78, 5) is 28.1. The Balaban J connectivity index is 2.00. The monoisotopic (exact) mass is 521 g/mol. The molecule has 0 radical (unpaired) electrons. The molecule has 0 aliphatic rings. The van der Waals surface area contributed by atoms with Gasteiger partial charge in [-0.3, -0.25) is 13.9 Å². The first kappa shape index (κ1) is 27.9. The summed E-state index contributed by atoms with van der Waals surface area (Å²) < 4.78 is 28.8. The van der Waals surface area contributed by atoms with Crippen molar-refractivity contribution in [3.05, 3.63) is 95.6 Å². The van der Waals surface area contributed by atoms with Crippen molar-refractivity contribution in [2.24, 2.45) is 0 Å². The molecular weight excluding hydrogens is 486 g/mol. The van der Waals surface area contributed by atoms with E-state index in [-0.39, 0.29) is 17.3 Å². The summed E-state index contributed by atoms with van der Waals surface area (Å²) in [5, 5.41) is 2.77. The molecule has 0 saturated heterocycles. The minimum Gasteiger partial charge on any atom is -0.355 e. The smallest absolute Gasteiger partial charge is 0.264 e. The lowest BCUT2D eigenvalue weighted by atomic mass is 10.1. The molecule has 1 N–H and O–H groups in total. The molecule has 3 aromatic carbocycles. The molecule has 0 saturated carbocycles. The van der Waals surface area contributed by atoms with Crippen LogP contribution in [0.5, 0.6) is 0 Å². The molecule has 7 nitrogen and oxygen atoms in total. The van der Waals surface area contributed by atoms with Gasteiger partial charge in [-0.25, -0.2) is 8.42 Å².